The van der Waals surface area contributed by atoms with Crippen molar-refractivity contribution < 1.29 is 14.0 Å². The zero-order valence-electron chi connectivity index (χ0n) is 16.0. The Morgan fingerprint density at radius 2 is 2.11 bits per heavy atom. The van der Waals surface area contributed by atoms with Crippen LogP contribution in [0, 0.1) is 11.7 Å². The molecule has 2 aliphatic rings. The minimum atomic E-state index is -0.571. The molecule has 0 unspecified atom stereocenters. The van der Waals surface area contributed by atoms with Crippen molar-refractivity contribution in [3.63, 3.8) is 0 Å². The number of likely N-dealkylation sites (tertiary alicyclic amines) is 1. The molecule has 1 aromatic carbocycles. The van der Waals surface area contributed by atoms with Crippen molar-refractivity contribution in [2.75, 3.05) is 6.54 Å². The molecule has 0 spiro atoms. The van der Waals surface area contributed by atoms with E-state index >= 15 is 0 Å². The van der Waals surface area contributed by atoms with E-state index in [0.717, 1.165) is 25.7 Å². The highest BCUT2D eigenvalue weighted by atomic mass is 19.1. The molecule has 4 rings (SSSR count). The second kappa shape index (κ2) is 7.73. The maximum Gasteiger partial charge on any atom is 0.226 e. The minimum Gasteiger partial charge on any atom is -0.342 e. The van der Waals surface area contributed by atoms with E-state index in [2.05, 4.69) is 10.3 Å². The number of halogens is 1. The number of aromatic nitrogens is 2. The Morgan fingerprint density at radius 1 is 1.32 bits per heavy atom. The molecule has 2 atom stereocenters. The lowest BCUT2D eigenvalue weighted by molar-refractivity contribution is -0.130. The van der Waals surface area contributed by atoms with Gasteiger partial charge in [-0.15, -0.1) is 0 Å². The topological polar surface area (TPSA) is 67.2 Å². The minimum absolute atomic E-state index is 0.0614. The fraction of sp³-hybridized carbons (Fsp3) is 0.476. The smallest absolute Gasteiger partial charge is 0.226 e. The van der Waals surface area contributed by atoms with E-state index < -0.39 is 6.04 Å². The van der Waals surface area contributed by atoms with Crippen LogP contribution in [-0.2, 0) is 16.6 Å². The Bertz CT molecular complexity index is 875. The molecule has 7 heteroatoms. The van der Waals surface area contributed by atoms with Crippen molar-refractivity contribution in [3.05, 3.63) is 53.9 Å². The van der Waals surface area contributed by atoms with Gasteiger partial charge in [0, 0.05) is 38.4 Å². The molecule has 2 heterocycles. The van der Waals surface area contributed by atoms with E-state index in [-0.39, 0.29) is 36.0 Å². The zero-order valence-corrected chi connectivity index (χ0v) is 16.0. The van der Waals surface area contributed by atoms with Crippen LogP contribution in [0.2, 0.25) is 0 Å². The first kappa shape index (κ1) is 18.7. The quantitative estimate of drug-likeness (QED) is 0.862. The first-order chi connectivity index (χ1) is 13.5. The van der Waals surface area contributed by atoms with E-state index in [0.29, 0.717) is 17.9 Å². The largest absolute Gasteiger partial charge is 0.342 e. The molecule has 2 aromatic rings. The lowest BCUT2D eigenvalue weighted by atomic mass is 10.0. The van der Waals surface area contributed by atoms with Crippen LogP contribution in [0.1, 0.15) is 49.5 Å². The maximum atomic E-state index is 13.8. The van der Waals surface area contributed by atoms with E-state index in [4.69, 9.17) is 0 Å². The van der Waals surface area contributed by atoms with Gasteiger partial charge in [0.05, 0.1) is 5.92 Å². The van der Waals surface area contributed by atoms with Gasteiger partial charge < -0.3 is 14.8 Å². The number of nitrogens with zero attached hydrogens (tertiary/aromatic N) is 3. The molecular formula is C21H25FN4O2. The molecule has 1 saturated carbocycles. The summed E-state index contributed by atoms with van der Waals surface area (Å²) in [7, 11) is 1.84. The molecule has 0 radical (unpaired) electrons. The summed E-state index contributed by atoms with van der Waals surface area (Å²) >= 11 is 0. The summed E-state index contributed by atoms with van der Waals surface area (Å²) in [6.07, 6.45) is 8.01. The summed E-state index contributed by atoms with van der Waals surface area (Å²) in [5.74, 6) is -0.257. The zero-order chi connectivity index (χ0) is 19.7. The molecule has 1 saturated heterocycles. The summed E-state index contributed by atoms with van der Waals surface area (Å²) in [4.78, 5) is 31.7. The Morgan fingerprint density at radius 3 is 2.79 bits per heavy atom. The molecule has 148 valence electrons. The number of hydrogen-bond donors (Lipinski definition) is 1. The maximum absolute atomic E-state index is 13.8. The van der Waals surface area contributed by atoms with E-state index in [1.165, 1.54) is 12.1 Å². The lowest BCUT2D eigenvalue weighted by Crippen LogP contribution is -2.38. The Hall–Kier alpha value is -2.70. The molecule has 28 heavy (non-hydrogen) atoms. The number of carbonyl (C=O) groups is 2. The summed E-state index contributed by atoms with van der Waals surface area (Å²) in [5, 5.41) is 3.01. The number of benzene rings is 1. The van der Waals surface area contributed by atoms with Crippen molar-refractivity contribution in [1.29, 1.82) is 0 Å². The van der Waals surface area contributed by atoms with Crippen LogP contribution in [0.25, 0.3) is 0 Å². The van der Waals surface area contributed by atoms with Gasteiger partial charge in [0.15, 0.2) is 0 Å². The summed E-state index contributed by atoms with van der Waals surface area (Å²) < 4.78 is 15.6. The third-order valence-corrected chi connectivity index (χ3v) is 5.88. The number of aryl methyl sites for hydroxylation is 1. The number of hydrogen-bond acceptors (Lipinski definition) is 3. The first-order valence-electron chi connectivity index (χ1n) is 9.85. The molecule has 1 aliphatic carbocycles. The number of rotatable bonds is 5. The van der Waals surface area contributed by atoms with E-state index in [1.54, 1.807) is 29.1 Å². The molecular weight excluding hydrogens is 359 g/mol. The Kier molecular flexibility index (Phi) is 5.15. The van der Waals surface area contributed by atoms with E-state index in [1.807, 2.05) is 11.9 Å². The fourth-order valence-electron chi connectivity index (χ4n) is 4.37. The summed E-state index contributed by atoms with van der Waals surface area (Å²) in [6, 6.07) is 5.87. The van der Waals surface area contributed by atoms with Crippen molar-refractivity contribution >= 4 is 11.8 Å². The number of imidazole rings is 1. The van der Waals surface area contributed by atoms with Gasteiger partial charge in [0.25, 0.3) is 0 Å². The molecule has 1 aromatic heterocycles. The van der Waals surface area contributed by atoms with Crippen molar-refractivity contribution in [2.24, 2.45) is 13.0 Å². The van der Waals surface area contributed by atoms with Crippen LogP contribution >= 0.6 is 0 Å². The third kappa shape index (κ3) is 3.66. The third-order valence-electron chi connectivity index (χ3n) is 5.88. The highest BCUT2D eigenvalue weighted by Gasteiger charge is 2.39. The van der Waals surface area contributed by atoms with Crippen LogP contribution in [0.4, 0.5) is 4.39 Å². The average Bonchev–Trinajstić information content (AvgIpc) is 3.40. The normalized spacial score (nSPS) is 21.3. The predicted molar refractivity (Wildman–Crippen MR) is 102 cm³/mol. The van der Waals surface area contributed by atoms with Gasteiger partial charge >= 0.3 is 0 Å². The average molecular weight is 384 g/mol. The fourth-order valence-corrected chi connectivity index (χ4v) is 4.37. The van der Waals surface area contributed by atoms with Crippen LogP contribution in [0.15, 0.2) is 36.7 Å². The highest BCUT2D eigenvalue weighted by Crippen LogP contribution is 2.30. The number of amides is 2. The van der Waals surface area contributed by atoms with Crippen LogP contribution in [-0.4, -0.2) is 38.9 Å². The number of nitrogens with one attached hydrogen (secondary N) is 1. The SMILES string of the molecule is Cn1ccnc1[C@@H](NC(=O)[C@@H]1CC(=O)N(C2CCCC2)C1)c1cccc(F)c1. The van der Waals surface area contributed by atoms with Crippen molar-refractivity contribution in [3.8, 4) is 0 Å². The lowest BCUT2D eigenvalue weighted by Gasteiger charge is -2.24. The Balaban J connectivity index is 1.53. The molecule has 6 nitrogen and oxygen atoms in total. The van der Waals surface area contributed by atoms with Crippen molar-refractivity contribution in [1.82, 2.24) is 19.8 Å². The second-order valence-electron chi connectivity index (χ2n) is 7.78. The first-order valence-corrected chi connectivity index (χ1v) is 9.85. The van der Waals surface area contributed by atoms with Gasteiger partial charge in [-0.1, -0.05) is 25.0 Å². The molecule has 1 aliphatic heterocycles. The molecule has 2 fully saturated rings. The Labute approximate surface area is 163 Å². The molecule has 2 amide bonds. The van der Waals surface area contributed by atoms with Gasteiger partial charge in [-0.05, 0) is 30.5 Å². The van der Waals surface area contributed by atoms with Crippen molar-refractivity contribution in [2.45, 2.75) is 44.2 Å². The highest BCUT2D eigenvalue weighted by molar-refractivity contribution is 5.89. The van der Waals surface area contributed by atoms with Gasteiger partial charge in [0.2, 0.25) is 11.8 Å². The monoisotopic (exact) mass is 384 g/mol. The molecule has 0 bridgehead atoms. The summed E-state index contributed by atoms with van der Waals surface area (Å²) in [6.45, 7) is 0.464. The van der Waals surface area contributed by atoms with Gasteiger partial charge in [-0.3, -0.25) is 9.59 Å². The number of carbonyl (C=O) groups excluding carboxylic acids is 2. The standard InChI is InChI=1S/C21H25FN4O2/c1-25-10-9-23-20(25)19(14-5-4-6-16(22)11-14)24-21(28)15-12-18(27)26(13-15)17-7-2-3-8-17/h4-6,9-11,15,17,19H,2-3,7-8,12-13H2,1H3,(H,24,28)/t15-,19+/m1/s1. The van der Waals surface area contributed by atoms with Gasteiger partial charge in [-0.25, -0.2) is 9.37 Å². The van der Waals surface area contributed by atoms with Gasteiger partial charge in [-0.2, -0.15) is 0 Å². The van der Waals surface area contributed by atoms with E-state index in [9.17, 15) is 14.0 Å². The predicted octanol–water partition coefficient (Wildman–Crippen LogP) is 2.56. The van der Waals surface area contributed by atoms with Crippen LogP contribution in [0.3, 0.4) is 0 Å². The summed E-state index contributed by atoms with van der Waals surface area (Å²) in [5.41, 5.74) is 0.625. The van der Waals surface area contributed by atoms with Crippen LogP contribution in [0.5, 0.6) is 0 Å². The van der Waals surface area contributed by atoms with Crippen LogP contribution < -0.4 is 5.32 Å². The molecule has 1 N–H and O–H groups in total. The second-order valence-corrected chi connectivity index (χ2v) is 7.78. The van der Waals surface area contributed by atoms with Gasteiger partial charge in [0.1, 0.15) is 17.7 Å².